The van der Waals surface area contributed by atoms with Crippen LogP contribution in [0.1, 0.15) is 17.3 Å². The number of aromatic nitrogens is 1. The maximum absolute atomic E-state index is 12.0. The van der Waals surface area contributed by atoms with Crippen LogP contribution in [0.4, 0.5) is 11.4 Å². The van der Waals surface area contributed by atoms with Gasteiger partial charge in [0.25, 0.3) is 5.91 Å². The lowest BCUT2D eigenvalue weighted by molar-refractivity contribution is -0.114. The Bertz CT molecular complexity index is 641. The van der Waals surface area contributed by atoms with Gasteiger partial charge >= 0.3 is 0 Å². The van der Waals surface area contributed by atoms with Crippen molar-refractivity contribution in [2.45, 2.75) is 6.92 Å². The Morgan fingerprint density at radius 3 is 2.40 bits per heavy atom. The van der Waals surface area contributed by atoms with Gasteiger partial charge in [0.15, 0.2) is 5.75 Å². The van der Waals surface area contributed by atoms with Crippen LogP contribution in [0.15, 0.2) is 42.7 Å². The molecule has 0 bridgehead atoms. The highest BCUT2D eigenvalue weighted by molar-refractivity contribution is 6.05. The number of hydrogen-bond donors (Lipinski definition) is 3. The van der Waals surface area contributed by atoms with Crippen molar-refractivity contribution in [3.8, 4) is 5.75 Å². The van der Waals surface area contributed by atoms with E-state index in [4.69, 9.17) is 0 Å². The third-order valence-corrected chi connectivity index (χ3v) is 2.52. The summed E-state index contributed by atoms with van der Waals surface area (Å²) in [6.07, 6.45) is 2.98. The second-order valence-electron chi connectivity index (χ2n) is 4.08. The highest BCUT2D eigenvalue weighted by atomic mass is 16.3. The number of pyridine rings is 1. The van der Waals surface area contributed by atoms with E-state index < -0.39 is 5.91 Å². The second-order valence-corrected chi connectivity index (χ2v) is 4.08. The van der Waals surface area contributed by atoms with Crippen LogP contribution in [0.25, 0.3) is 0 Å². The van der Waals surface area contributed by atoms with Crippen LogP contribution >= 0.6 is 0 Å². The summed E-state index contributed by atoms with van der Waals surface area (Å²) in [6.45, 7) is 1.33. The van der Waals surface area contributed by atoms with Crippen LogP contribution in [0.3, 0.4) is 0 Å². The van der Waals surface area contributed by atoms with E-state index >= 15 is 0 Å². The van der Waals surface area contributed by atoms with Crippen LogP contribution in [-0.4, -0.2) is 21.9 Å². The minimum absolute atomic E-state index is 0.194. The number of anilines is 2. The number of para-hydroxylation sites is 1. The fourth-order valence-electron chi connectivity index (χ4n) is 1.63. The highest BCUT2D eigenvalue weighted by Crippen LogP contribution is 2.31. The molecule has 0 radical (unpaired) electrons. The Kier molecular flexibility index (Phi) is 3.95. The molecule has 2 rings (SSSR count). The molecular formula is C14H13N3O3. The van der Waals surface area contributed by atoms with E-state index in [0.717, 1.165) is 0 Å². The van der Waals surface area contributed by atoms with E-state index in [-0.39, 0.29) is 23.0 Å². The number of carbonyl (C=O) groups excluding carboxylic acids is 2. The molecule has 0 aliphatic carbocycles. The van der Waals surface area contributed by atoms with E-state index in [1.165, 1.54) is 25.3 Å². The SMILES string of the molecule is CC(=O)Nc1cccc(NC(=O)c2cccnc2)c1O. The Morgan fingerprint density at radius 1 is 1.10 bits per heavy atom. The van der Waals surface area contributed by atoms with Gasteiger partial charge in [0.2, 0.25) is 5.91 Å². The van der Waals surface area contributed by atoms with Gasteiger partial charge in [-0.15, -0.1) is 0 Å². The standard InChI is InChI=1S/C14H13N3O3/c1-9(18)16-11-5-2-6-12(13(11)19)17-14(20)10-4-3-7-15-8-10/h2-8,19H,1H3,(H,16,18)(H,17,20). The molecule has 6 heteroatoms. The molecule has 1 heterocycles. The molecule has 2 amide bonds. The number of phenolic OH excluding ortho intramolecular Hbond substituents is 1. The Labute approximate surface area is 115 Å². The summed E-state index contributed by atoms with van der Waals surface area (Å²) in [5.41, 5.74) is 0.823. The zero-order valence-corrected chi connectivity index (χ0v) is 10.8. The van der Waals surface area contributed by atoms with Crippen LogP contribution in [-0.2, 0) is 4.79 Å². The molecule has 0 saturated heterocycles. The molecule has 0 spiro atoms. The summed E-state index contributed by atoms with van der Waals surface area (Å²) >= 11 is 0. The second kappa shape index (κ2) is 5.83. The minimum Gasteiger partial charge on any atom is -0.504 e. The number of nitrogens with one attached hydrogen (secondary N) is 2. The first-order valence-corrected chi connectivity index (χ1v) is 5.89. The number of carbonyl (C=O) groups is 2. The Morgan fingerprint density at radius 2 is 1.80 bits per heavy atom. The Balaban J connectivity index is 2.22. The number of aromatic hydroxyl groups is 1. The number of phenols is 1. The third-order valence-electron chi connectivity index (χ3n) is 2.52. The van der Waals surface area contributed by atoms with Gasteiger partial charge in [0.05, 0.1) is 16.9 Å². The van der Waals surface area contributed by atoms with Gasteiger partial charge in [-0.1, -0.05) is 6.07 Å². The first-order valence-electron chi connectivity index (χ1n) is 5.89. The largest absolute Gasteiger partial charge is 0.504 e. The monoisotopic (exact) mass is 271 g/mol. The number of rotatable bonds is 3. The van der Waals surface area contributed by atoms with Crippen molar-refractivity contribution >= 4 is 23.2 Å². The number of amides is 2. The first-order chi connectivity index (χ1) is 9.58. The van der Waals surface area contributed by atoms with Gasteiger partial charge in [-0.3, -0.25) is 14.6 Å². The van der Waals surface area contributed by atoms with Gasteiger partial charge in [-0.05, 0) is 24.3 Å². The molecule has 6 nitrogen and oxygen atoms in total. The van der Waals surface area contributed by atoms with Crippen molar-refractivity contribution in [3.63, 3.8) is 0 Å². The van der Waals surface area contributed by atoms with Gasteiger partial charge in [-0.2, -0.15) is 0 Å². The van der Waals surface area contributed by atoms with Crippen LogP contribution in [0, 0.1) is 0 Å². The molecule has 0 atom stereocenters. The summed E-state index contributed by atoms with van der Waals surface area (Å²) in [5, 5.41) is 15.0. The number of benzene rings is 1. The molecule has 1 aromatic carbocycles. The smallest absolute Gasteiger partial charge is 0.257 e. The predicted octanol–water partition coefficient (Wildman–Crippen LogP) is 2.00. The molecule has 20 heavy (non-hydrogen) atoms. The fraction of sp³-hybridized carbons (Fsp3) is 0.0714. The highest BCUT2D eigenvalue weighted by Gasteiger charge is 2.12. The van der Waals surface area contributed by atoms with Crippen molar-refractivity contribution in [1.29, 1.82) is 0 Å². The molecule has 0 saturated carbocycles. The molecule has 0 aliphatic heterocycles. The summed E-state index contributed by atoms with van der Waals surface area (Å²) in [4.78, 5) is 26.8. The van der Waals surface area contributed by atoms with Crippen molar-refractivity contribution in [3.05, 3.63) is 48.3 Å². The molecule has 2 aromatic rings. The fourth-order valence-corrected chi connectivity index (χ4v) is 1.63. The zero-order chi connectivity index (χ0) is 14.5. The van der Waals surface area contributed by atoms with E-state index in [9.17, 15) is 14.7 Å². The van der Waals surface area contributed by atoms with E-state index in [1.54, 1.807) is 24.4 Å². The lowest BCUT2D eigenvalue weighted by atomic mass is 10.2. The van der Waals surface area contributed by atoms with E-state index in [2.05, 4.69) is 15.6 Å². The normalized spacial score (nSPS) is 9.85. The summed E-state index contributed by atoms with van der Waals surface area (Å²) in [7, 11) is 0. The summed E-state index contributed by atoms with van der Waals surface area (Å²) < 4.78 is 0. The lowest BCUT2D eigenvalue weighted by Gasteiger charge is -2.11. The average Bonchev–Trinajstić information content (AvgIpc) is 2.43. The predicted molar refractivity (Wildman–Crippen MR) is 74.6 cm³/mol. The molecule has 3 N–H and O–H groups in total. The third kappa shape index (κ3) is 3.11. The van der Waals surface area contributed by atoms with Crippen molar-refractivity contribution in [2.75, 3.05) is 10.6 Å². The zero-order valence-electron chi connectivity index (χ0n) is 10.8. The topological polar surface area (TPSA) is 91.3 Å². The molecule has 102 valence electrons. The molecular weight excluding hydrogens is 258 g/mol. The average molecular weight is 271 g/mol. The van der Waals surface area contributed by atoms with E-state index in [0.29, 0.717) is 5.56 Å². The van der Waals surface area contributed by atoms with Gasteiger partial charge in [-0.25, -0.2) is 0 Å². The maximum Gasteiger partial charge on any atom is 0.257 e. The first kappa shape index (κ1) is 13.5. The van der Waals surface area contributed by atoms with Crippen LogP contribution in [0.2, 0.25) is 0 Å². The molecule has 0 fully saturated rings. The molecule has 0 aliphatic rings. The van der Waals surface area contributed by atoms with Crippen LogP contribution < -0.4 is 10.6 Å². The van der Waals surface area contributed by atoms with Gasteiger partial charge < -0.3 is 15.7 Å². The van der Waals surface area contributed by atoms with Crippen molar-refractivity contribution in [2.24, 2.45) is 0 Å². The van der Waals surface area contributed by atoms with Crippen LogP contribution in [0.5, 0.6) is 5.75 Å². The number of hydrogen-bond acceptors (Lipinski definition) is 4. The Hall–Kier alpha value is -2.89. The summed E-state index contributed by atoms with van der Waals surface area (Å²) in [6, 6.07) is 7.94. The molecule has 0 unspecified atom stereocenters. The van der Waals surface area contributed by atoms with Crippen molar-refractivity contribution < 1.29 is 14.7 Å². The van der Waals surface area contributed by atoms with Gasteiger partial charge in [0.1, 0.15) is 0 Å². The van der Waals surface area contributed by atoms with Gasteiger partial charge in [0, 0.05) is 19.3 Å². The molecule has 1 aromatic heterocycles. The minimum atomic E-state index is -0.395. The summed E-state index contributed by atoms with van der Waals surface area (Å²) in [5.74, 6) is -0.899. The number of nitrogens with zero attached hydrogens (tertiary/aromatic N) is 1. The maximum atomic E-state index is 12.0. The quantitative estimate of drug-likeness (QED) is 0.744. The lowest BCUT2D eigenvalue weighted by Crippen LogP contribution is -2.13. The van der Waals surface area contributed by atoms with E-state index in [1.807, 2.05) is 0 Å². The van der Waals surface area contributed by atoms with Crippen molar-refractivity contribution in [1.82, 2.24) is 4.98 Å².